The molecule has 0 amide bonds. The molecule has 0 spiro atoms. The number of carbonyl (C=O) groups excluding carboxylic acids is 1. The topological polar surface area (TPSA) is 35.5 Å². The molecule has 0 aliphatic carbocycles. The molecule has 2 atom stereocenters. The predicted octanol–water partition coefficient (Wildman–Crippen LogP) is 7.57. The Morgan fingerprint density at radius 2 is 1.03 bits per heavy atom. The first-order chi connectivity index (χ1) is 15.0. The number of rotatable bonds is 10. The van der Waals surface area contributed by atoms with Crippen LogP contribution in [0.15, 0.2) is 84.2 Å². The van der Waals surface area contributed by atoms with Crippen LogP contribution < -0.4 is 0 Å². The molecular weight excluding hydrogens is 428 g/mol. The summed E-state index contributed by atoms with van der Waals surface area (Å²) in [7, 11) is -2.72. The van der Waals surface area contributed by atoms with Gasteiger partial charge < -0.3 is 9.47 Å². The molecule has 32 heavy (non-hydrogen) atoms. The van der Waals surface area contributed by atoms with E-state index in [1.165, 1.54) is 0 Å². The molecule has 2 unspecified atom stereocenters. The van der Waals surface area contributed by atoms with E-state index >= 15 is 0 Å². The highest BCUT2D eigenvalue weighted by atomic mass is 28.3. The molecule has 0 saturated heterocycles. The number of ether oxygens (including phenoxy) is 2. The molecule has 0 radical (unpaired) electrons. The second-order valence-corrected chi connectivity index (χ2v) is 20.5. The lowest BCUT2D eigenvalue weighted by Crippen LogP contribution is -2.19. The summed E-state index contributed by atoms with van der Waals surface area (Å²) in [5.74, 6) is 0.0411. The number of carbonyl (C=O) groups is 1. The normalized spacial score (nSPS) is 14.4. The quantitative estimate of drug-likeness (QED) is 0.267. The van der Waals surface area contributed by atoms with Gasteiger partial charge in [0.2, 0.25) is 0 Å². The van der Waals surface area contributed by atoms with Gasteiger partial charge in [0.15, 0.2) is 0 Å². The lowest BCUT2D eigenvalue weighted by molar-refractivity contribution is 0.0519. The molecule has 0 bridgehead atoms. The van der Waals surface area contributed by atoms with Crippen LogP contribution in [0.4, 0.5) is 4.79 Å². The molecule has 2 aromatic rings. The standard InChI is InChI=1S/C27H38O3Si2/c1-31(2,3)19-17-25(23-13-9-7-10-14-23)21-29-27(28)30-22-26(18-20-32(4,5)6)24-15-11-8-12-16-24/h7-20,25-26H,21-22H2,1-6H3. The summed E-state index contributed by atoms with van der Waals surface area (Å²) in [4.78, 5) is 12.4. The van der Waals surface area contributed by atoms with Crippen molar-refractivity contribution in [2.24, 2.45) is 0 Å². The second kappa shape index (κ2) is 12.0. The molecular formula is C27H38O3Si2. The Labute approximate surface area is 196 Å². The van der Waals surface area contributed by atoms with Gasteiger partial charge in [0.1, 0.15) is 13.2 Å². The fourth-order valence-electron chi connectivity index (χ4n) is 3.09. The molecule has 0 N–H and O–H groups in total. The van der Waals surface area contributed by atoms with Gasteiger partial charge in [0, 0.05) is 11.8 Å². The molecule has 0 saturated carbocycles. The van der Waals surface area contributed by atoms with Gasteiger partial charge in [-0.2, -0.15) is 0 Å². The smallest absolute Gasteiger partial charge is 0.433 e. The van der Waals surface area contributed by atoms with E-state index in [0.717, 1.165) is 11.1 Å². The van der Waals surface area contributed by atoms with Gasteiger partial charge in [0.25, 0.3) is 0 Å². The zero-order chi connectivity index (χ0) is 23.6. The maximum atomic E-state index is 12.4. The molecule has 5 heteroatoms. The zero-order valence-electron chi connectivity index (χ0n) is 20.4. The van der Waals surface area contributed by atoms with Crippen LogP contribution in [0.2, 0.25) is 39.3 Å². The minimum atomic E-state index is -1.36. The first-order valence-electron chi connectivity index (χ1n) is 11.3. The van der Waals surface area contributed by atoms with Gasteiger partial charge in [-0.25, -0.2) is 4.79 Å². The number of hydrogen-bond acceptors (Lipinski definition) is 3. The fourth-order valence-corrected chi connectivity index (χ4v) is 4.71. The first kappa shape index (κ1) is 25.9. The van der Waals surface area contributed by atoms with Gasteiger partial charge in [-0.3, -0.25) is 0 Å². The van der Waals surface area contributed by atoms with E-state index in [9.17, 15) is 4.79 Å². The summed E-state index contributed by atoms with van der Waals surface area (Å²) in [5, 5.41) is 0. The molecule has 0 aromatic heterocycles. The maximum absolute atomic E-state index is 12.4. The van der Waals surface area contributed by atoms with Crippen LogP contribution in [0.3, 0.4) is 0 Å². The molecule has 3 nitrogen and oxygen atoms in total. The zero-order valence-corrected chi connectivity index (χ0v) is 22.4. The second-order valence-electron chi connectivity index (χ2n) is 10.4. The Kier molecular flexibility index (Phi) is 9.72. The molecule has 2 aromatic carbocycles. The Morgan fingerprint density at radius 3 is 1.34 bits per heavy atom. The summed E-state index contributed by atoms with van der Waals surface area (Å²) in [6.45, 7) is 14.3. The summed E-state index contributed by atoms with van der Waals surface area (Å²) in [5.41, 5.74) is 6.86. The lowest BCUT2D eigenvalue weighted by atomic mass is 10.0. The minimum Gasteiger partial charge on any atom is -0.433 e. The largest absolute Gasteiger partial charge is 0.508 e. The van der Waals surface area contributed by atoms with E-state index in [1.54, 1.807) is 0 Å². The van der Waals surface area contributed by atoms with Crippen molar-refractivity contribution in [3.05, 3.63) is 95.3 Å². The summed E-state index contributed by atoms with van der Waals surface area (Å²) in [6.07, 6.45) is 3.74. The van der Waals surface area contributed by atoms with Crippen molar-refractivity contribution in [3.8, 4) is 0 Å². The van der Waals surface area contributed by atoms with Crippen LogP contribution >= 0.6 is 0 Å². The predicted molar refractivity (Wildman–Crippen MR) is 141 cm³/mol. The van der Waals surface area contributed by atoms with Gasteiger partial charge >= 0.3 is 6.16 Å². The van der Waals surface area contributed by atoms with Gasteiger partial charge in [0.05, 0.1) is 16.1 Å². The number of hydrogen-bond donors (Lipinski definition) is 0. The Bertz CT molecular complexity index is 805. The highest BCUT2D eigenvalue weighted by Crippen LogP contribution is 2.21. The first-order valence-corrected chi connectivity index (χ1v) is 18.5. The Morgan fingerprint density at radius 1 is 0.688 bits per heavy atom. The third-order valence-electron chi connectivity index (χ3n) is 4.87. The Hall–Kier alpha value is -2.38. The van der Waals surface area contributed by atoms with Crippen molar-refractivity contribution < 1.29 is 14.3 Å². The molecule has 172 valence electrons. The highest BCUT2D eigenvalue weighted by molar-refractivity contribution is 6.81. The molecule has 0 aliphatic rings. The molecule has 2 rings (SSSR count). The van der Waals surface area contributed by atoms with Gasteiger partial charge in [-0.1, -0.05) is 123 Å². The Balaban J connectivity index is 2.01. The third-order valence-corrected chi connectivity index (χ3v) is 7.26. The monoisotopic (exact) mass is 466 g/mol. The van der Waals surface area contributed by atoms with E-state index < -0.39 is 22.3 Å². The van der Waals surface area contributed by atoms with Gasteiger partial charge in [-0.05, 0) is 11.1 Å². The fraction of sp³-hybridized carbons (Fsp3) is 0.370. The van der Waals surface area contributed by atoms with Crippen molar-refractivity contribution in [2.75, 3.05) is 13.2 Å². The lowest BCUT2D eigenvalue weighted by Gasteiger charge is -2.18. The van der Waals surface area contributed by atoms with Crippen LogP contribution in [0.25, 0.3) is 0 Å². The van der Waals surface area contributed by atoms with E-state index in [1.807, 2.05) is 36.4 Å². The third kappa shape index (κ3) is 10.3. The van der Waals surface area contributed by atoms with Crippen LogP contribution in [-0.2, 0) is 9.47 Å². The molecule has 0 fully saturated rings. The molecule has 0 aliphatic heterocycles. The highest BCUT2D eigenvalue weighted by Gasteiger charge is 2.17. The van der Waals surface area contributed by atoms with E-state index in [4.69, 9.17) is 9.47 Å². The average Bonchev–Trinajstić information content (AvgIpc) is 2.73. The van der Waals surface area contributed by atoms with Crippen LogP contribution in [0.1, 0.15) is 23.0 Å². The van der Waals surface area contributed by atoms with E-state index in [2.05, 4.69) is 87.1 Å². The molecule has 0 heterocycles. The van der Waals surface area contributed by atoms with Crippen molar-refractivity contribution in [2.45, 2.75) is 51.1 Å². The van der Waals surface area contributed by atoms with Crippen molar-refractivity contribution in [1.82, 2.24) is 0 Å². The summed E-state index contributed by atoms with van der Waals surface area (Å²) < 4.78 is 11.1. The van der Waals surface area contributed by atoms with Crippen molar-refractivity contribution in [1.29, 1.82) is 0 Å². The maximum Gasteiger partial charge on any atom is 0.508 e. The minimum absolute atomic E-state index is 0.0205. The van der Waals surface area contributed by atoms with E-state index in [0.29, 0.717) is 0 Å². The van der Waals surface area contributed by atoms with Crippen molar-refractivity contribution in [3.63, 3.8) is 0 Å². The van der Waals surface area contributed by atoms with Crippen LogP contribution in [0.5, 0.6) is 0 Å². The SMILES string of the molecule is C[Si](C)(C)C=CC(COC(=O)OCC(C=C[Si](C)(C)C)c1ccccc1)c1ccccc1. The average molecular weight is 467 g/mol. The van der Waals surface area contributed by atoms with Crippen LogP contribution in [0, 0.1) is 0 Å². The van der Waals surface area contributed by atoms with E-state index in [-0.39, 0.29) is 25.0 Å². The number of benzene rings is 2. The van der Waals surface area contributed by atoms with Crippen molar-refractivity contribution >= 4 is 22.3 Å². The summed E-state index contributed by atoms with van der Waals surface area (Å²) >= 11 is 0. The van der Waals surface area contributed by atoms with Crippen LogP contribution in [-0.4, -0.2) is 35.5 Å². The van der Waals surface area contributed by atoms with Gasteiger partial charge in [-0.15, -0.1) is 0 Å². The summed E-state index contributed by atoms with van der Waals surface area (Å²) in [6, 6.07) is 20.3.